The SMILES string of the molecule is Clc1nc2ncc(Br)cc2n1Cc1ccccc1. The first-order valence-electron chi connectivity index (χ1n) is 5.45. The lowest BCUT2D eigenvalue weighted by molar-refractivity contribution is 0.825. The van der Waals surface area contributed by atoms with Crippen molar-refractivity contribution in [3.63, 3.8) is 0 Å². The number of benzene rings is 1. The molecule has 18 heavy (non-hydrogen) atoms. The third-order valence-corrected chi connectivity index (χ3v) is 3.43. The van der Waals surface area contributed by atoms with Crippen LogP contribution in [0.3, 0.4) is 0 Å². The van der Waals surface area contributed by atoms with Gasteiger partial charge in [-0.15, -0.1) is 0 Å². The van der Waals surface area contributed by atoms with E-state index in [1.807, 2.05) is 28.8 Å². The molecule has 0 unspecified atom stereocenters. The van der Waals surface area contributed by atoms with Crippen LogP contribution in [0, 0.1) is 0 Å². The van der Waals surface area contributed by atoms with Crippen LogP contribution in [0.1, 0.15) is 5.56 Å². The summed E-state index contributed by atoms with van der Waals surface area (Å²) in [5, 5.41) is 0.458. The van der Waals surface area contributed by atoms with Gasteiger partial charge in [-0.1, -0.05) is 30.3 Å². The molecule has 2 heterocycles. The fourth-order valence-corrected chi connectivity index (χ4v) is 2.42. The zero-order valence-corrected chi connectivity index (χ0v) is 11.7. The minimum absolute atomic E-state index is 0.458. The number of imidazole rings is 1. The number of halogens is 2. The molecule has 0 radical (unpaired) electrons. The maximum absolute atomic E-state index is 6.17. The van der Waals surface area contributed by atoms with Crippen molar-refractivity contribution in [2.45, 2.75) is 6.54 Å². The van der Waals surface area contributed by atoms with E-state index >= 15 is 0 Å². The van der Waals surface area contributed by atoms with Crippen molar-refractivity contribution < 1.29 is 0 Å². The summed E-state index contributed by atoms with van der Waals surface area (Å²) in [7, 11) is 0. The zero-order chi connectivity index (χ0) is 12.5. The summed E-state index contributed by atoms with van der Waals surface area (Å²) in [6.07, 6.45) is 1.72. The first-order chi connectivity index (χ1) is 8.74. The van der Waals surface area contributed by atoms with Crippen LogP contribution >= 0.6 is 27.5 Å². The second kappa shape index (κ2) is 4.71. The quantitative estimate of drug-likeness (QED) is 0.716. The molecule has 1 aromatic carbocycles. The average Bonchev–Trinajstić information content (AvgIpc) is 2.67. The molecule has 0 saturated carbocycles. The molecule has 90 valence electrons. The summed E-state index contributed by atoms with van der Waals surface area (Å²) in [6.45, 7) is 0.689. The number of rotatable bonds is 2. The summed E-state index contributed by atoms with van der Waals surface area (Å²) in [5.74, 6) is 0. The highest BCUT2D eigenvalue weighted by molar-refractivity contribution is 9.10. The monoisotopic (exact) mass is 321 g/mol. The van der Waals surface area contributed by atoms with Crippen molar-refractivity contribution in [1.29, 1.82) is 0 Å². The largest absolute Gasteiger partial charge is 0.309 e. The van der Waals surface area contributed by atoms with Gasteiger partial charge in [-0.3, -0.25) is 0 Å². The lowest BCUT2D eigenvalue weighted by Crippen LogP contribution is -1.99. The Kier molecular flexibility index (Phi) is 3.06. The van der Waals surface area contributed by atoms with Crippen LogP contribution in [-0.2, 0) is 6.54 Å². The Hall–Kier alpha value is -1.39. The molecule has 0 fully saturated rings. The van der Waals surface area contributed by atoms with Crippen molar-refractivity contribution >= 4 is 38.7 Å². The topological polar surface area (TPSA) is 30.7 Å². The molecule has 3 nitrogen and oxygen atoms in total. The lowest BCUT2D eigenvalue weighted by Gasteiger charge is -2.05. The Morgan fingerprint density at radius 1 is 1.22 bits per heavy atom. The molecule has 0 N–H and O–H groups in total. The predicted molar refractivity (Wildman–Crippen MR) is 75.8 cm³/mol. The van der Waals surface area contributed by atoms with Gasteiger partial charge in [-0.05, 0) is 39.2 Å². The molecule has 5 heteroatoms. The van der Waals surface area contributed by atoms with Crippen molar-refractivity contribution in [1.82, 2.24) is 14.5 Å². The van der Waals surface area contributed by atoms with Crippen LogP contribution in [0.5, 0.6) is 0 Å². The Morgan fingerprint density at radius 3 is 2.78 bits per heavy atom. The molecule has 0 aliphatic heterocycles. The van der Waals surface area contributed by atoms with Gasteiger partial charge in [0, 0.05) is 10.7 Å². The fourth-order valence-electron chi connectivity index (χ4n) is 1.87. The zero-order valence-electron chi connectivity index (χ0n) is 9.35. The van der Waals surface area contributed by atoms with Crippen molar-refractivity contribution in [2.75, 3.05) is 0 Å². The number of pyridine rings is 1. The molecular weight excluding hydrogens is 314 g/mol. The van der Waals surface area contributed by atoms with Gasteiger partial charge in [0.25, 0.3) is 0 Å². The van der Waals surface area contributed by atoms with Crippen LogP contribution < -0.4 is 0 Å². The minimum Gasteiger partial charge on any atom is -0.309 e. The van der Waals surface area contributed by atoms with Gasteiger partial charge in [0.05, 0.1) is 12.1 Å². The number of nitrogens with zero attached hydrogens (tertiary/aromatic N) is 3. The Labute approximate surface area is 118 Å². The molecular formula is C13H9BrClN3. The third kappa shape index (κ3) is 2.13. The minimum atomic E-state index is 0.458. The molecule has 3 rings (SSSR count). The van der Waals surface area contributed by atoms with Gasteiger partial charge in [0.1, 0.15) is 0 Å². The molecule has 0 aliphatic carbocycles. The van der Waals surface area contributed by atoms with Crippen molar-refractivity contribution in [3.05, 3.63) is 57.9 Å². The first-order valence-corrected chi connectivity index (χ1v) is 6.62. The fraction of sp³-hybridized carbons (Fsp3) is 0.0769. The Morgan fingerprint density at radius 2 is 2.00 bits per heavy atom. The summed E-state index contributed by atoms with van der Waals surface area (Å²) in [6, 6.07) is 12.1. The summed E-state index contributed by atoms with van der Waals surface area (Å²) >= 11 is 9.58. The first kappa shape index (κ1) is 11.7. The van der Waals surface area contributed by atoms with E-state index in [0.29, 0.717) is 17.5 Å². The highest BCUT2D eigenvalue weighted by Gasteiger charge is 2.10. The summed E-state index contributed by atoms with van der Waals surface area (Å²) < 4.78 is 2.87. The Bertz CT molecular complexity index is 694. The predicted octanol–water partition coefficient (Wildman–Crippen LogP) is 3.90. The van der Waals surface area contributed by atoms with Gasteiger partial charge in [-0.2, -0.15) is 4.98 Å². The highest BCUT2D eigenvalue weighted by atomic mass is 79.9. The van der Waals surface area contributed by atoms with Crippen LogP contribution in [-0.4, -0.2) is 14.5 Å². The van der Waals surface area contributed by atoms with Gasteiger partial charge in [0.2, 0.25) is 5.28 Å². The molecule has 0 atom stereocenters. The van der Waals surface area contributed by atoms with E-state index in [0.717, 1.165) is 9.99 Å². The van der Waals surface area contributed by atoms with E-state index in [-0.39, 0.29) is 0 Å². The van der Waals surface area contributed by atoms with Gasteiger partial charge < -0.3 is 4.57 Å². The van der Waals surface area contributed by atoms with E-state index in [1.54, 1.807) is 6.20 Å². The van der Waals surface area contributed by atoms with E-state index in [1.165, 1.54) is 5.56 Å². The second-order valence-electron chi connectivity index (χ2n) is 3.95. The molecule has 0 amide bonds. The average molecular weight is 323 g/mol. The van der Waals surface area contributed by atoms with E-state index in [9.17, 15) is 0 Å². The van der Waals surface area contributed by atoms with Crippen LogP contribution in [0.4, 0.5) is 0 Å². The molecule has 3 aromatic rings. The maximum atomic E-state index is 6.17. The number of hydrogen-bond donors (Lipinski definition) is 0. The molecule has 0 aliphatic rings. The van der Waals surface area contributed by atoms with Crippen molar-refractivity contribution in [3.8, 4) is 0 Å². The number of hydrogen-bond acceptors (Lipinski definition) is 2. The normalized spacial score (nSPS) is 11.0. The maximum Gasteiger partial charge on any atom is 0.205 e. The Balaban J connectivity index is 2.11. The highest BCUT2D eigenvalue weighted by Crippen LogP contribution is 2.22. The van der Waals surface area contributed by atoms with Crippen LogP contribution in [0.25, 0.3) is 11.2 Å². The second-order valence-corrected chi connectivity index (χ2v) is 5.20. The summed E-state index contributed by atoms with van der Waals surface area (Å²) in [5.41, 5.74) is 2.77. The smallest absolute Gasteiger partial charge is 0.205 e. The van der Waals surface area contributed by atoms with Crippen LogP contribution in [0.15, 0.2) is 47.1 Å². The van der Waals surface area contributed by atoms with Gasteiger partial charge in [0.15, 0.2) is 5.65 Å². The van der Waals surface area contributed by atoms with E-state index in [2.05, 4.69) is 38.0 Å². The van der Waals surface area contributed by atoms with E-state index < -0.39 is 0 Å². The number of aromatic nitrogens is 3. The lowest BCUT2D eigenvalue weighted by atomic mass is 10.2. The third-order valence-electron chi connectivity index (χ3n) is 2.71. The molecule has 2 aromatic heterocycles. The van der Waals surface area contributed by atoms with Gasteiger partial charge in [-0.25, -0.2) is 4.98 Å². The van der Waals surface area contributed by atoms with Crippen molar-refractivity contribution in [2.24, 2.45) is 0 Å². The van der Waals surface area contributed by atoms with Gasteiger partial charge >= 0.3 is 0 Å². The molecule has 0 saturated heterocycles. The number of fused-ring (bicyclic) bond motifs is 1. The summed E-state index contributed by atoms with van der Waals surface area (Å²) in [4.78, 5) is 8.49. The van der Waals surface area contributed by atoms with Crippen LogP contribution in [0.2, 0.25) is 5.28 Å². The van der Waals surface area contributed by atoms with E-state index in [4.69, 9.17) is 11.6 Å². The molecule has 0 bridgehead atoms. The standard InChI is InChI=1S/C13H9BrClN3/c14-10-6-11-12(16-7-10)17-13(15)18(11)8-9-4-2-1-3-5-9/h1-7H,8H2. The molecule has 0 spiro atoms.